The number of hydrogen-bond acceptors (Lipinski definition) is 3. The third kappa shape index (κ3) is 8.57. The van der Waals surface area contributed by atoms with Crippen LogP contribution in [0.4, 0.5) is 0 Å². The topological polar surface area (TPSA) is 56.1 Å². The third-order valence-corrected chi connectivity index (χ3v) is 7.92. The number of nitrogens with one attached hydrogen (secondary N) is 1. The van der Waals surface area contributed by atoms with Gasteiger partial charge in [-0.25, -0.2) is 4.98 Å². The molecule has 0 aliphatic carbocycles. The van der Waals surface area contributed by atoms with Crippen molar-refractivity contribution < 1.29 is 9.53 Å². The number of benzene rings is 4. The third-order valence-electron chi connectivity index (χ3n) is 7.92. The van der Waals surface area contributed by atoms with Crippen LogP contribution < -0.4 is 10.1 Å². The zero-order valence-electron chi connectivity index (χ0n) is 25.5. The van der Waals surface area contributed by atoms with Crippen LogP contribution in [0.3, 0.4) is 0 Å². The van der Waals surface area contributed by atoms with E-state index in [1.54, 1.807) is 0 Å². The van der Waals surface area contributed by atoms with Crippen molar-refractivity contribution in [2.75, 3.05) is 13.2 Å². The molecule has 0 aliphatic rings. The van der Waals surface area contributed by atoms with Crippen molar-refractivity contribution in [1.82, 2.24) is 14.9 Å². The molecular weight excluding hydrogens is 530 g/mol. The second-order valence-corrected chi connectivity index (χ2v) is 11.4. The molecule has 0 saturated heterocycles. The van der Waals surface area contributed by atoms with Gasteiger partial charge in [0.2, 0.25) is 5.91 Å². The number of rotatable bonds is 15. The maximum Gasteiger partial charge on any atom is 0.224 e. The number of para-hydroxylation sites is 2. The van der Waals surface area contributed by atoms with Crippen molar-refractivity contribution in [3.8, 4) is 16.9 Å². The Hall–Kier alpha value is -4.38. The van der Waals surface area contributed by atoms with E-state index in [1.807, 2.05) is 30.3 Å². The highest BCUT2D eigenvalue weighted by Gasteiger charge is 2.11. The van der Waals surface area contributed by atoms with E-state index in [1.165, 1.54) is 27.8 Å². The summed E-state index contributed by atoms with van der Waals surface area (Å²) in [5.74, 6) is 2.21. The van der Waals surface area contributed by atoms with Gasteiger partial charge in [0.1, 0.15) is 11.6 Å². The van der Waals surface area contributed by atoms with Crippen molar-refractivity contribution in [3.63, 3.8) is 0 Å². The molecule has 43 heavy (non-hydrogen) atoms. The lowest BCUT2D eigenvalue weighted by Gasteiger charge is -2.12. The second-order valence-electron chi connectivity index (χ2n) is 11.4. The molecule has 1 aromatic heterocycles. The molecule has 1 amide bonds. The Bertz CT molecular complexity index is 1610. The number of aromatic nitrogens is 2. The number of carbonyl (C=O) groups excluding carboxylic acids is 1. The molecule has 5 nitrogen and oxygen atoms in total. The smallest absolute Gasteiger partial charge is 0.224 e. The van der Waals surface area contributed by atoms with E-state index in [0.717, 1.165) is 74.3 Å². The Labute approximate surface area is 255 Å². The summed E-state index contributed by atoms with van der Waals surface area (Å²) in [5.41, 5.74) is 8.11. The lowest BCUT2D eigenvalue weighted by molar-refractivity contribution is -0.120. The predicted molar refractivity (Wildman–Crippen MR) is 177 cm³/mol. The van der Waals surface area contributed by atoms with Gasteiger partial charge < -0.3 is 14.6 Å². The Kier molecular flexibility index (Phi) is 10.6. The van der Waals surface area contributed by atoms with E-state index >= 15 is 0 Å². The van der Waals surface area contributed by atoms with E-state index in [-0.39, 0.29) is 5.91 Å². The van der Waals surface area contributed by atoms with Gasteiger partial charge in [0.25, 0.3) is 0 Å². The average Bonchev–Trinajstić information content (AvgIpc) is 3.37. The fraction of sp³-hybridized carbons (Fsp3) is 0.316. The lowest BCUT2D eigenvalue weighted by atomic mass is 10.0. The van der Waals surface area contributed by atoms with E-state index in [4.69, 9.17) is 9.72 Å². The first-order valence-electron chi connectivity index (χ1n) is 15.6. The van der Waals surface area contributed by atoms with Crippen LogP contribution >= 0.6 is 0 Å². The van der Waals surface area contributed by atoms with Crippen molar-refractivity contribution in [3.05, 3.63) is 120 Å². The molecule has 0 bridgehead atoms. The first-order valence-corrected chi connectivity index (χ1v) is 15.6. The zero-order chi connectivity index (χ0) is 29.9. The van der Waals surface area contributed by atoms with Crippen LogP contribution in [0.5, 0.6) is 5.75 Å². The number of unbranched alkanes of at least 4 members (excludes halogenated alkanes) is 3. The largest absolute Gasteiger partial charge is 0.493 e. The Morgan fingerprint density at radius 1 is 0.791 bits per heavy atom. The highest BCUT2D eigenvalue weighted by Crippen LogP contribution is 2.22. The Morgan fingerprint density at radius 2 is 1.56 bits per heavy atom. The van der Waals surface area contributed by atoms with Gasteiger partial charge in [-0.3, -0.25) is 4.79 Å². The molecule has 0 saturated carbocycles. The predicted octanol–water partition coefficient (Wildman–Crippen LogP) is 8.25. The Balaban J connectivity index is 1.02. The number of carbonyl (C=O) groups is 1. The minimum Gasteiger partial charge on any atom is -0.493 e. The normalized spacial score (nSPS) is 11.1. The van der Waals surface area contributed by atoms with Gasteiger partial charge in [0, 0.05) is 19.5 Å². The van der Waals surface area contributed by atoms with Gasteiger partial charge in [-0.15, -0.1) is 0 Å². The fourth-order valence-electron chi connectivity index (χ4n) is 5.59. The molecular formula is C38H43N3O2. The van der Waals surface area contributed by atoms with Crippen LogP contribution in [0.15, 0.2) is 97.1 Å². The molecule has 0 aliphatic heterocycles. The van der Waals surface area contributed by atoms with Crippen LogP contribution in [0.1, 0.15) is 54.6 Å². The van der Waals surface area contributed by atoms with Crippen molar-refractivity contribution in [1.29, 1.82) is 0 Å². The van der Waals surface area contributed by atoms with E-state index in [2.05, 4.69) is 90.5 Å². The summed E-state index contributed by atoms with van der Waals surface area (Å²) in [6.45, 7) is 6.57. The van der Waals surface area contributed by atoms with Gasteiger partial charge in [-0.2, -0.15) is 0 Å². The number of imidazole rings is 1. The number of fused-ring (bicyclic) bond motifs is 1. The van der Waals surface area contributed by atoms with Gasteiger partial charge in [0.05, 0.1) is 24.1 Å². The summed E-state index contributed by atoms with van der Waals surface area (Å²) in [6, 6.07) is 33.3. The number of nitrogens with zero attached hydrogens (tertiary/aromatic N) is 2. The van der Waals surface area contributed by atoms with Crippen LogP contribution in [0.2, 0.25) is 0 Å². The molecule has 1 heterocycles. The molecule has 5 heteroatoms. The summed E-state index contributed by atoms with van der Waals surface area (Å²) in [4.78, 5) is 17.4. The molecule has 222 valence electrons. The number of ether oxygens (including phenoxy) is 1. The number of aryl methyl sites for hydroxylation is 4. The summed E-state index contributed by atoms with van der Waals surface area (Å²) < 4.78 is 8.43. The molecule has 0 atom stereocenters. The van der Waals surface area contributed by atoms with Crippen molar-refractivity contribution in [2.45, 2.75) is 65.3 Å². The van der Waals surface area contributed by atoms with E-state index in [9.17, 15) is 4.79 Å². The average molecular weight is 574 g/mol. The molecule has 0 fully saturated rings. The summed E-state index contributed by atoms with van der Waals surface area (Å²) >= 11 is 0. The van der Waals surface area contributed by atoms with Crippen LogP contribution in [-0.4, -0.2) is 28.6 Å². The fourth-order valence-corrected chi connectivity index (χ4v) is 5.59. The van der Waals surface area contributed by atoms with Gasteiger partial charge in [-0.1, -0.05) is 90.8 Å². The van der Waals surface area contributed by atoms with Gasteiger partial charge in [-0.05, 0) is 80.0 Å². The molecule has 5 aromatic rings. The first-order chi connectivity index (χ1) is 21.1. The lowest BCUT2D eigenvalue weighted by Crippen LogP contribution is -2.26. The van der Waals surface area contributed by atoms with Gasteiger partial charge in [0.15, 0.2) is 0 Å². The van der Waals surface area contributed by atoms with E-state index < -0.39 is 0 Å². The maximum atomic E-state index is 12.5. The van der Waals surface area contributed by atoms with Crippen molar-refractivity contribution >= 4 is 16.9 Å². The summed E-state index contributed by atoms with van der Waals surface area (Å²) in [7, 11) is 0. The number of amides is 1. The van der Waals surface area contributed by atoms with Crippen LogP contribution in [0, 0.1) is 13.8 Å². The highest BCUT2D eigenvalue weighted by molar-refractivity contribution is 5.79. The molecule has 5 rings (SSSR count). The summed E-state index contributed by atoms with van der Waals surface area (Å²) in [5, 5.41) is 3.10. The quantitative estimate of drug-likeness (QED) is 0.128. The zero-order valence-corrected chi connectivity index (χ0v) is 25.5. The minimum absolute atomic E-state index is 0.0794. The van der Waals surface area contributed by atoms with Gasteiger partial charge >= 0.3 is 0 Å². The maximum absolute atomic E-state index is 12.5. The molecule has 4 aromatic carbocycles. The SMILES string of the molecule is Cc1ccc(OCCCCn2c(CCCCCNC(=O)Cc3ccc(-c4ccccc4)cc3)nc3ccccc32)c(C)c1. The molecule has 0 spiro atoms. The standard InChI is InChI=1S/C38H43N3O2/c1-29-18-23-36(30(2)27-29)43-26-12-11-25-41-35-16-9-8-15-34(35)40-37(41)17-7-4-10-24-39-38(42)28-31-19-21-33(22-20-31)32-13-5-3-6-14-32/h3,5-6,8-9,13-16,18-23,27H,4,7,10-12,17,24-26,28H2,1-2H3,(H,39,42). The van der Waals surface area contributed by atoms with Crippen LogP contribution in [-0.2, 0) is 24.2 Å². The second kappa shape index (κ2) is 15.2. The Morgan fingerprint density at radius 3 is 2.37 bits per heavy atom. The first kappa shape index (κ1) is 30.1. The molecule has 0 radical (unpaired) electrons. The summed E-state index contributed by atoms with van der Waals surface area (Å²) in [6.07, 6.45) is 6.46. The molecule has 0 unspecified atom stereocenters. The minimum atomic E-state index is 0.0794. The number of hydrogen-bond donors (Lipinski definition) is 1. The molecule has 1 N–H and O–H groups in total. The van der Waals surface area contributed by atoms with E-state index in [0.29, 0.717) is 13.0 Å². The van der Waals surface area contributed by atoms with Crippen LogP contribution in [0.25, 0.3) is 22.2 Å². The highest BCUT2D eigenvalue weighted by atomic mass is 16.5. The van der Waals surface area contributed by atoms with Crippen molar-refractivity contribution in [2.24, 2.45) is 0 Å². The monoisotopic (exact) mass is 573 g/mol.